The molecule has 3 heteroatoms. The standard InChI is InChI=1S/C14H15NOS/c1-9-5-6-12(17-9)13(15)11-4-2-3-10-7-8-16-14(10)11/h2-6,13H,7-8,15H2,1H3. The Kier molecular flexibility index (Phi) is 2.65. The summed E-state index contributed by atoms with van der Waals surface area (Å²) in [7, 11) is 0. The number of hydrogen-bond donors (Lipinski definition) is 1. The van der Waals surface area contributed by atoms with Crippen molar-refractivity contribution >= 4 is 11.3 Å². The Bertz CT molecular complexity index is 547. The first kappa shape index (κ1) is 10.8. The third kappa shape index (κ3) is 1.85. The van der Waals surface area contributed by atoms with E-state index in [9.17, 15) is 0 Å². The summed E-state index contributed by atoms with van der Waals surface area (Å²) in [6.07, 6.45) is 0.999. The van der Waals surface area contributed by atoms with E-state index in [1.165, 1.54) is 15.3 Å². The van der Waals surface area contributed by atoms with Crippen molar-refractivity contribution in [1.29, 1.82) is 0 Å². The van der Waals surface area contributed by atoms with Crippen molar-refractivity contribution in [2.24, 2.45) is 5.73 Å². The Balaban J connectivity index is 2.02. The van der Waals surface area contributed by atoms with Gasteiger partial charge in [0.15, 0.2) is 0 Å². The molecule has 1 atom stereocenters. The highest BCUT2D eigenvalue weighted by molar-refractivity contribution is 7.12. The minimum Gasteiger partial charge on any atom is -0.493 e. The van der Waals surface area contributed by atoms with Gasteiger partial charge in [-0.2, -0.15) is 0 Å². The van der Waals surface area contributed by atoms with Gasteiger partial charge in [-0.25, -0.2) is 0 Å². The monoisotopic (exact) mass is 245 g/mol. The van der Waals surface area contributed by atoms with Crippen LogP contribution in [0.5, 0.6) is 5.75 Å². The number of aryl methyl sites for hydroxylation is 1. The smallest absolute Gasteiger partial charge is 0.127 e. The molecule has 0 amide bonds. The number of fused-ring (bicyclic) bond motifs is 1. The Morgan fingerprint density at radius 1 is 1.29 bits per heavy atom. The summed E-state index contributed by atoms with van der Waals surface area (Å²) in [4.78, 5) is 2.50. The molecule has 88 valence electrons. The number of nitrogens with two attached hydrogens (primary N) is 1. The summed E-state index contributed by atoms with van der Waals surface area (Å²) in [6, 6.07) is 10.4. The molecule has 0 fully saturated rings. The lowest BCUT2D eigenvalue weighted by Gasteiger charge is -2.14. The fourth-order valence-corrected chi connectivity index (χ4v) is 3.16. The lowest BCUT2D eigenvalue weighted by Crippen LogP contribution is -2.11. The van der Waals surface area contributed by atoms with E-state index in [0.29, 0.717) is 0 Å². The number of para-hydroxylation sites is 1. The normalized spacial score (nSPS) is 15.4. The van der Waals surface area contributed by atoms with Crippen LogP contribution in [-0.2, 0) is 6.42 Å². The zero-order chi connectivity index (χ0) is 11.8. The lowest BCUT2D eigenvalue weighted by molar-refractivity contribution is 0.352. The quantitative estimate of drug-likeness (QED) is 0.882. The molecular weight excluding hydrogens is 230 g/mol. The van der Waals surface area contributed by atoms with Gasteiger partial charge in [-0.05, 0) is 24.6 Å². The van der Waals surface area contributed by atoms with Crippen LogP contribution in [0.1, 0.15) is 26.9 Å². The second kappa shape index (κ2) is 4.17. The molecule has 0 saturated heterocycles. The van der Waals surface area contributed by atoms with Crippen molar-refractivity contribution in [3.8, 4) is 5.75 Å². The van der Waals surface area contributed by atoms with Gasteiger partial charge in [0, 0.05) is 21.7 Å². The third-order valence-electron chi connectivity index (χ3n) is 3.15. The number of hydrogen-bond acceptors (Lipinski definition) is 3. The van der Waals surface area contributed by atoms with Crippen molar-refractivity contribution < 1.29 is 4.74 Å². The van der Waals surface area contributed by atoms with E-state index in [4.69, 9.17) is 10.5 Å². The Morgan fingerprint density at radius 3 is 2.94 bits per heavy atom. The van der Waals surface area contributed by atoms with Crippen LogP contribution in [0.25, 0.3) is 0 Å². The maximum absolute atomic E-state index is 6.33. The second-order valence-corrected chi connectivity index (χ2v) is 5.68. The highest BCUT2D eigenvalue weighted by Crippen LogP contribution is 2.36. The van der Waals surface area contributed by atoms with Gasteiger partial charge in [0.05, 0.1) is 12.6 Å². The molecule has 2 aromatic rings. The molecule has 17 heavy (non-hydrogen) atoms. The molecule has 0 aliphatic carbocycles. The Labute approximate surface area is 105 Å². The molecule has 1 aromatic carbocycles. The molecule has 2 heterocycles. The number of thiophene rings is 1. The zero-order valence-electron chi connectivity index (χ0n) is 9.77. The average molecular weight is 245 g/mol. The summed E-state index contributed by atoms with van der Waals surface area (Å²) in [5, 5.41) is 0. The summed E-state index contributed by atoms with van der Waals surface area (Å²) >= 11 is 1.76. The molecule has 0 radical (unpaired) electrons. The maximum Gasteiger partial charge on any atom is 0.127 e. The van der Waals surface area contributed by atoms with Crippen LogP contribution >= 0.6 is 11.3 Å². The van der Waals surface area contributed by atoms with E-state index >= 15 is 0 Å². The van der Waals surface area contributed by atoms with Gasteiger partial charge in [-0.1, -0.05) is 18.2 Å². The zero-order valence-corrected chi connectivity index (χ0v) is 10.6. The predicted molar refractivity (Wildman–Crippen MR) is 70.7 cm³/mol. The summed E-state index contributed by atoms with van der Waals surface area (Å²) in [5.41, 5.74) is 8.73. The Hall–Kier alpha value is -1.32. The van der Waals surface area contributed by atoms with Crippen LogP contribution < -0.4 is 10.5 Å². The van der Waals surface area contributed by atoms with Gasteiger partial charge in [-0.3, -0.25) is 0 Å². The first-order valence-electron chi connectivity index (χ1n) is 5.82. The van der Waals surface area contributed by atoms with E-state index in [-0.39, 0.29) is 6.04 Å². The van der Waals surface area contributed by atoms with Gasteiger partial charge in [-0.15, -0.1) is 11.3 Å². The van der Waals surface area contributed by atoms with Gasteiger partial charge < -0.3 is 10.5 Å². The molecule has 0 spiro atoms. The summed E-state index contributed by atoms with van der Waals surface area (Å²) in [6.45, 7) is 2.88. The van der Waals surface area contributed by atoms with Gasteiger partial charge >= 0.3 is 0 Å². The highest BCUT2D eigenvalue weighted by Gasteiger charge is 2.21. The van der Waals surface area contributed by atoms with Crippen molar-refractivity contribution in [2.75, 3.05) is 6.61 Å². The van der Waals surface area contributed by atoms with Gasteiger partial charge in [0.25, 0.3) is 0 Å². The van der Waals surface area contributed by atoms with E-state index in [1.54, 1.807) is 11.3 Å². The van der Waals surface area contributed by atoms with Gasteiger partial charge in [0.1, 0.15) is 5.75 Å². The Morgan fingerprint density at radius 2 is 2.18 bits per heavy atom. The molecular formula is C14H15NOS. The van der Waals surface area contributed by atoms with Crippen LogP contribution in [-0.4, -0.2) is 6.61 Å². The summed E-state index contributed by atoms with van der Waals surface area (Å²) in [5.74, 6) is 1.01. The number of ether oxygens (including phenoxy) is 1. The van der Waals surface area contributed by atoms with Crippen LogP contribution in [0.3, 0.4) is 0 Å². The topological polar surface area (TPSA) is 35.2 Å². The minimum absolute atomic E-state index is 0.0678. The van der Waals surface area contributed by atoms with Crippen molar-refractivity contribution in [3.05, 3.63) is 51.2 Å². The van der Waals surface area contributed by atoms with Crippen LogP contribution in [0.15, 0.2) is 30.3 Å². The molecule has 3 rings (SSSR count). The lowest BCUT2D eigenvalue weighted by atomic mass is 10.0. The predicted octanol–water partition coefficient (Wildman–Crippen LogP) is 3.04. The maximum atomic E-state index is 6.33. The highest BCUT2D eigenvalue weighted by atomic mass is 32.1. The van der Waals surface area contributed by atoms with Gasteiger partial charge in [0.2, 0.25) is 0 Å². The van der Waals surface area contributed by atoms with Crippen molar-refractivity contribution in [3.63, 3.8) is 0 Å². The largest absolute Gasteiger partial charge is 0.493 e. The fourth-order valence-electron chi connectivity index (χ4n) is 2.26. The van der Waals surface area contributed by atoms with Crippen molar-refractivity contribution in [2.45, 2.75) is 19.4 Å². The number of benzene rings is 1. The molecule has 0 bridgehead atoms. The van der Waals surface area contributed by atoms with E-state index < -0.39 is 0 Å². The fraction of sp³-hybridized carbons (Fsp3) is 0.286. The first-order chi connectivity index (χ1) is 8.25. The molecule has 2 nitrogen and oxygen atoms in total. The molecule has 0 saturated carbocycles. The number of rotatable bonds is 2. The van der Waals surface area contributed by atoms with E-state index in [1.807, 2.05) is 0 Å². The molecule has 1 aliphatic rings. The van der Waals surface area contributed by atoms with Crippen LogP contribution in [0, 0.1) is 6.92 Å². The van der Waals surface area contributed by atoms with Crippen LogP contribution in [0.4, 0.5) is 0 Å². The van der Waals surface area contributed by atoms with Crippen LogP contribution in [0.2, 0.25) is 0 Å². The second-order valence-electron chi connectivity index (χ2n) is 4.36. The molecule has 1 aliphatic heterocycles. The van der Waals surface area contributed by atoms with E-state index in [0.717, 1.165) is 24.3 Å². The van der Waals surface area contributed by atoms with Crippen molar-refractivity contribution in [1.82, 2.24) is 0 Å². The SMILES string of the molecule is Cc1ccc(C(N)c2cccc3c2OCC3)s1. The molecule has 1 aromatic heterocycles. The first-order valence-corrected chi connectivity index (χ1v) is 6.64. The third-order valence-corrected chi connectivity index (χ3v) is 4.23. The van der Waals surface area contributed by atoms with E-state index in [2.05, 4.69) is 37.3 Å². The molecule has 2 N–H and O–H groups in total. The minimum atomic E-state index is -0.0678. The molecule has 1 unspecified atom stereocenters. The summed E-state index contributed by atoms with van der Waals surface area (Å²) < 4.78 is 5.70. The average Bonchev–Trinajstić information content (AvgIpc) is 2.95.